The number of nitrogens with zero attached hydrogens (tertiary/aromatic N) is 3. The van der Waals surface area contributed by atoms with E-state index in [1.165, 1.54) is 6.42 Å². The zero-order valence-electron chi connectivity index (χ0n) is 7.12. The maximum Gasteiger partial charge on any atom is 0.0257 e. The number of alkyl halides is 1. The fourth-order valence-corrected chi connectivity index (χ4v) is 1.11. The van der Waals surface area contributed by atoms with Gasteiger partial charge < -0.3 is 0 Å². The van der Waals surface area contributed by atoms with Gasteiger partial charge in [-0.1, -0.05) is 39.6 Å². The molecule has 0 atom stereocenters. The van der Waals surface area contributed by atoms with E-state index in [9.17, 15) is 0 Å². The van der Waals surface area contributed by atoms with Gasteiger partial charge in [0.25, 0.3) is 0 Å². The third-order valence-corrected chi connectivity index (χ3v) is 1.82. The van der Waals surface area contributed by atoms with Crippen molar-refractivity contribution in [2.24, 2.45) is 5.11 Å². The Kier molecular flexibility index (Phi) is 10.1. The van der Waals surface area contributed by atoms with E-state index >= 15 is 0 Å². The van der Waals surface area contributed by atoms with Crippen molar-refractivity contribution in [3.63, 3.8) is 0 Å². The molecule has 0 saturated heterocycles. The average Bonchev–Trinajstić information content (AvgIpc) is 2.10. The smallest absolute Gasteiger partial charge is 0.0257 e. The van der Waals surface area contributed by atoms with Gasteiger partial charge >= 0.3 is 0 Å². The number of allylic oxidation sites excluding steroid dienone is 2. The first-order valence-corrected chi connectivity index (χ1v) is 5.25. The van der Waals surface area contributed by atoms with Gasteiger partial charge in [0.05, 0.1) is 0 Å². The van der Waals surface area contributed by atoms with E-state index < -0.39 is 0 Å². The van der Waals surface area contributed by atoms with Crippen LogP contribution in [0.2, 0.25) is 0 Å². The highest BCUT2D eigenvalue weighted by atomic mass is 79.9. The van der Waals surface area contributed by atoms with E-state index in [1.807, 2.05) is 0 Å². The second kappa shape index (κ2) is 10.5. The van der Waals surface area contributed by atoms with Crippen molar-refractivity contribution in [2.75, 3.05) is 11.9 Å². The molecule has 3 nitrogen and oxygen atoms in total. The quantitative estimate of drug-likeness (QED) is 0.160. The van der Waals surface area contributed by atoms with E-state index in [0.717, 1.165) is 24.6 Å². The highest BCUT2D eigenvalue weighted by Gasteiger charge is 1.85. The number of azide groups is 1. The maximum absolute atomic E-state index is 7.98. The minimum Gasteiger partial charge on any atom is -0.0940 e. The minimum atomic E-state index is 0.638. The Morgan fingerprint density at radius 2 is 2.08 bits per heavy atom. The Bertz CT molecular complexity index is 162. The standard InChI is InChI=1S/C8H14BrN3/c9-7-5-3-1-2-4-6-8-11-12-10/h3,5H,1-2,4,6-8H2/b5-3+. The zero-order chi connectivity index (χ0) is 9.07. The summed E-state index contributed by atoms with van der Waals surface area (Å²) in [5, 5.41) is 4.40. The Hall–Kier alpha value is -0.470. The van der Waals surface area contributed by atoms with Crippen LogP contribution < -0.4 is 0 Å². The monoisotopic (exact) mass is 231 g/mol. The van der Waals surface area contributed by atoms with Crippen molar-refractivity contribution in [1.82, 2.24) is 0 Å². The van der Waals surface area contributed by atoms with Gasteiger partial charge in [-0.2, -0.15) is 0 Å². The molecule has 0 unspecified atom stereocenters. The molecule has 12 heavy (non-hydrogen) atoms. The van der Waals surface area contributed by atoms with E-state index in [4.69, 9.17) is 5.53 Å². The van der Waals surface area contributed by atoms with Gasteiger partial charge in [-0.25, -0.2) is 0 Å². The van der Waals surface area contributed by atoms with Gasteiger partial charge in [0.2, 0.25) is 0 Å². The third kappa shape index (κ3) is 9.53. The summed E-state index contributed by atoms with van der Waals surface area (Å²) in [6, 6.07) is 0. The van der Waals surface area contributed by atoms with Crippen LogP contribution in [0.5, 0.6) is 0 Å². The molecule has 0 fully saturated rings. The van der Waals surface area contributed by atoms with Crippen LogP contribution in [0.15, 0.2) is 17.3 Å². The topological polar surface area (TPSA) is 48.8 Å². The molecule has 0 amide bonds. The molecule has 0 aromatic rings. The molecule has 0 heterocycles. The van der Waals surface area contributed by atoms with Crippen LogP contribution in [0.25, 0.3) is 10.4 Å². The van der Waals surface area contributed by atoms with Crippen molar-refractivity contribution >= 4 is 15.9 Å². The Morgan fingerprint density at radius 1 is 1.25 bits per heavy atom. The van der Waals surface area contributed by atoms with Crippen LogP contribution in [0, 0.1) is 0 Å². The molecule has 0 radical (unpaired) electrons. The first-order chi connectivity index (χ1) is 5.91. The number of hydrogen-bond acceptors (Lipinski definition) is 1. The van der Waals surface area contributed by atoms with Gasteiger partial charge in [-0.05, 0) is 24.8 Å². The lowest BCUT2D eigenvalue weighted by Crippen LogP contribution is -1.79. The SMILES string of the molecule is [N-]=[N+]=NCCCCC/C=C/CBr. The van der Waals surface area contributed by atoms with Gasteiger partial charge in [0.1, 0.15) is 0 Å². The summed E-state index contributed by atoms with van der Waals surface area (Å²) >= 11 is 3.31. The van der Waals surface area contributed by atoms with Crippen LogP contribution >= 0.6 is 15.9 Å². The third-order valence-electron chi connectivity index (χ3n) is 1.45. The summed E-state index contributed by atoms with van der Waals surface area (Å²) in [7, 11) is 0. The Balaban J connectivity index is 3.00. The molecular weight excluding hydrogens is 218 g/mol. The van der Waals surface area contributed by atoms with Gasteiger partial charge in [0.15, 0.2) is 0 Å². The molecule has 0 saturated carbocycles. The lowest BCUT2D eigenvalue weighted by Gasteiger charge is -1.93. The number of hydrogen-bond donors (Lipinski definition) is 0. The number of halogens is 1. The molecule has 0 aliphatic carbocycles. The maximum atomic E-state index is 7.98. The molecule has 0 spiro atoms. The van der Waals surface area contributed by atoms with Crippen molar-refractivity contribution in [3.8, 4) is 0 Å². The van der Waals surface area contributed by atoms with Gasteiger partial charge in [-0.3, -0.25) is 0 Å². The molecule has 4 heteroatoms. The van der Waals surface area contributed by atoms with Crippen LogP contribution in [-0.4, -0.2) is 11.9 Å². The van der Waals surface area contributed by atoms with Crippen molar-refractivity contribution < 1.29 is 0 Å². The predicted molar refractivity (Wildman–Crippen MR) is 55.4 cm³/mol. The Labute approximate surface area is 81.6 Å². The minimum absolute atomic E-state index is 0.638. The van der Waals surface area contributed by atoms with Crippen molar-refractivity contribution in [1.29, 1.82) is 0 Å². The summed E-state index contributed by atoms with van der Waals surface area (Å²) in [5.74, 6) is 0. The summed E-state index contributed by atoms with van der Waals surface area (Å²) in [6.45, 7) is 0.638. The summed E-state index contributed by atoms with van der Waals surface area (Å²) in [6.07, 6.45) is 8.74. The molecule has 0 aliphatic rings. The van der Waals surface area contributed by atoms with Crippen molar-refractivity contribution in [3.05, 3.63) is 22.6 Å². The summed E-state index contributed by atoms with van der Waals surface area (Å²) < 4.78 is 0. The number of unbranched alkanes of at least 4 members (excludes halogenated alkanes) is 3. The normalized spacial score (nSPS) is 10.1. The van der Waals surface area contributed by atoms with E-state index in [-0.39, 0.29) is 0 Å². The van der Waals surface area contributed by atoms with E-state index in [1.54, 1.807) is 0 Å². The average molecular weight is 232 g/mol. The molecular formula is C8H14BrN3. The highest BCUT2D eigenvalue weighted by molar-refractivity contribution is 9.09. The first-order valence-electron chi connectivity index (χ1n) is 4.13. The van der Waals surface area contributed by atoms with Gasteiger partial charge in [0, 0.05) is 16.8 Å². The lowest BCUT2D eigenvalue weighted by atomic mass is 10.2. The van der Waals surface area contributed by atoms with Gasteiger partial charge in [-0.15, -0.1) is 0 Å². The van der Waals surface area contributed by atoms with Crippen LogP contribution in [0.3, 0.4) is 0 Å². The molecule has 0 aromatic heterocycles. The largest absolute Gasteiger partial charge is 0.0940 e. The van der Waals surface area contributed by atoms with Crippen LogP contribution in [0.4, 0.5) is 0 Å². The summed E-state index contributed by atoms with van der Waals surface area (Å²) in [5.41, 5.74) is 7.98. The molecule has 0 aliphatic heterocycles. The van der Waals surface area contributed by atoms with E-state index in [0.29, 0.717) is 6.54 Å². The van der Waals surface area contributed by atoms with Crippen LogP contribution in [-0.2, 0) is 0 Å². The fourth-order valence-electron chi connectivity index (χ4n) is 0.847. The Morgan fingerprint density at radius 3 is 2.75 bits per heavy atom. The molecule has 0 aromatic carbocycles. The second-order valence-corrected chi connectivity index (χ2v) is 3.08. The predicted octanol–water partition coefficient (Wildman–Crippen LogP) is 3.81. The summed E-state index contributed by atoms with van der Waals surface area (Å²) in [4.78, 5) is 2.69. The molecule has 0 rings (SSSR count). The lowest BCUT2D eigenvalue weighted by molar-refractivity contribution is 0.694. The van der Waals surface area contributed by atoms with Crippen molar-refractivity contribution in [2.45, 2.75) is 25.7 Å². The van der Waals surface area contributed by atoms with Crippen LogP contribution in [0.1, 0.15) is 25.7 Å². The first kappa shape index (κ1) is 11.5. The number of rotatable bonds is 7. The molecule has 68 valence electrons. The zero-order valence-corrected chi connectivity index (χ0v) is 8.70. The van der Waals surface area contributed by atoms with E-state index in [2.05, 4.69) is 38.1 Å². The highest BCUT2D eigenvalue weighted by Crippen LogP contribution is 2.01. The molecule has 0 N–H and O–H groups in total. The second-order valence-electron chi connectivity index (χ2n) is 2.43. The molecule has 0 bridgehead atoms. The fraction of sp³-hybridized carbons (Fsp3) is 0.750.